The van der Waals surface area contributed by atoms with Crippen LogP contribution < -0.4 is 0 Å². The highest BCUT2D eigenvalue weighted by Crippen LogP contribution is 2.24. The summed E-state index contributed by atoms with van der Waals surface area (Å²) in [6, 6.07) is 0. The number of amides is 2. The van der Waals surface area contributed by atoms with E-state index in [9.17, 15) is 9.59 Å². The topological polar surface area (TPSA) is 60.9 Å². The first kappa shape index (κ1) is 11.8. The minimum Gasteiger partial charge on any atom is -0.465 e. The molecule has 0 bridgehead atoms. The van der Waals surface area contributed by atoms with Crippen LogP contribution in [0, 0.1) is 11.8 Å². The summed E-state index contributed by atoms with van der Waals surface area (Å²) < 4.78 is 0. The minimum absolute atomic E-state index is 0.0217. The first-order valence-electron chi connectivity index (χ1n) is 5.12. The van der Waals surface area contributed by atoms with E-state index in [0.29, 0.717) is 13.1 Å². The number of carboxylic acid groups (broad SMARTS) is 1. The molecule has 5 heteroatoms. The highest BCUT2D eigenvalue weighted by Gasteiger charge is 2.34. The number of hydrogen-bond donors (Lipinski definition) is 1. The van der Waals surface area contributed by atoms with Gasteiger partial charge in [0.2, 0.25) is 5.91 Å². The molecule has 1 saturated heterocycles. The quantitative estimate of drug-likeness (QED) is 0.699. The lowest BCUT2D eigenvalue weighted by Crippen LogP contribution is -2.48. The number of hydrogen-bond acceptors (Lipinski definition) is 2. The van der Waals surface area contributed by atoms with Crippen molar-refractivity contribution < 1.29 is 14.7 Å². The molecule has 1 aliphatic heterocycles. The van der Waals surface area contributed by atoms with Gasteiger partial charge in [-0.05, 0) is 12.3 Å². The second-order valence-corrected chi connectivity index (χ2v) is 4.33. The van der Waals surface area contributed by atoms with Crippen molar-refractivity contribution in [3.8, 4) is 0 Å². The molecular formula is C10H18N2O3. The Morgan fingerprint density at radius 2 is 2.00 bits per heavy atom. The Kier molecular flexibility index (Phi) is 3.55. The average Bonchev–Trinajstić information content (AvgIpc) is 2.16. The van der Waals surface area contributed by atoms with Crippen LogP contribution in [0.15, 0.2) is 0 Å². The van der Waals surface area contributed by atoms with Gasteiger partial charge >= 0.3 is 6.09 Å². The molecule has 0 aromatic heterocycles. The van der Waals surface area contributed by atoms with Gasteiger partial charge in [0.15, 0.2) is 0 Å². The zero-order valence-electron chi connectivity index (χ0n) is 9.43. The van der Waals surface area contributed by atoms with Crippen molar-refractivity contribution in [1.29, 1.82) is 0 Å². The van der Waals surface area contributed by atoms with Crippen LogP contribution >= 0.6 is 0 Å². The number of carbonyl (C=O) groups is 2. The summed E-state index contributed by atoms with van der Waals surface area (Å²) in [4.78, 5) is 25.4. The molecule has 1 rings (SSSR count). The molecule has 5 nitrogen and oxygen atoms in total. The number of piperidine rings is 1. The summed E-state index contributed by atoms with van der Waals surface area (Å²) in [5.41, 5.74) is 0. The molecule has 0 aromatic rings. The molecule has 0 saturated carbocycles. The molecule has 15 heavy (non-hydrogen) atoms. The third-order valence-electron chi connectivity index (χ3n) is 2.99. The Morgan fingerprint density at radius 1 is 1.40 bits per heavy atom. The zero-order valence-corrected chi connectivity index (χ0v) is 9.43. The molecule has 2 amide bonds. The molecule has 1 N–H and O–H groups in total. The number of carbonyl (C=O) groups excluding carboxylic acids is 1. The molecule has 0 aromatic carbocycles. The van der Waals surface area contributed by atoms with Gasteiger partial charge in [-0.3, -0.25) is 4.79 Å². The number of nitrogens with zero attached hydrogens (tertiary/aromatic N) is 2. The average molecular weight is 214 g/mol. The Balaban J connectivity index is 2.69. The van der Waals surface area contributed by atoms with Crippen molar-refractivity contribution in [3.63, 3.8) is 0 Å². The summed E-state index contributed by atoms with van der Waals surface area (Å²) in [7, 11) is 3.41. The predicted octanol–water partition coefficient (Wildman–Crippen LogP) is 0.711. The highest BCUT2D eigenvalue weighted by atomic mass is 16.4. The summed E-state index contributed by atoms with van der Waals surface area (Å²) in [5.74, 6) is 0.0915. The second-order valence-electron chi connectivity index (χ2n) is 4.33. The maximum atomic E-state index is 11.8. The van der Waals surface area contributed by atoms with E-state index >= 15 is 0 Å². The van der Waals surface area contributed by atoms with Gasteiger partial charge in [0.1, 0.15) is 0 Å². The Morgan fingerprint density at radius 3 is 2.47 bits per heavy atom. The number of likely N-dealkylation sites (tertiary alicyclic amines) is 1. The molecule has 1 heterocycles. The van der Waals surface area contributed by atoms with E-state index in [1.807, 2.05) is 6.92 Å². The van der Waals surface area contributed by atoms with Gasteiger partial charge in [-0.15, -0.1) is 0 Å². The van der Waals surface area contributed by atoms with Crippen LogP contribution in [0.4, 0.5) is 4.79 Å². The Bertz CT molecular complexity index is 265. The maximum absolute atomic E-state index is 11.8. The van der Waals surface area contributed by atoms with Crippen molar-refractivity contribution in [2.45, 2.75) is 13.3 Å². The third-order valence-corrected chi connectivity index (χ3v) is 2.99. The Labute approximate surface area is 89.7 Å². The van der Waals surface area contributed by atoms with Gasteiger partial charge in [-0.25, -0.2) is 4.79 Å². The highest BCUT2D eigenvalue weighted by molar-refractivity contribution is 5.79. The first-order chi connectivity index (χ1) is 6.93. The SMILES string of the molecule is CC1CCN(C(=O)O)CC1C(=O)N(C)C. The Hall–Kier alpha value is -1.26. The lowest BCUT2D eigenvalue weighted by molar-refractivity contribution is -0.136. The third kappa shape index (κ3) is 2.61. The first-order valence-corrected chi connectivity index (χ1v) is 5.12. The van der Waals surface area contributed by atoms with Crippen LogP contribution in [0.1, 0.15) is 13.3 Å². The van der Waals surface area contributed by atoms with E-state index in [0.717, 1.165) is 6.42 Å². The van der Waals surface area contributed by atoms with E-state index < -0.39 is 6.09 Å². The number of rotatable bonds is 1. The fourth-order valence-electron chi connectivity index (χ4n) is 1.90. The molecule has 1 aliphatic rings. The van der Waals surface area contributed by atoms with Gasteiger partial charge in [0.05, 0.1) is 5.92 Å². The van der Waals surface area contributed by atoms with Crippen LogP contribution in [0.25, 0.3) is 0 Å². The summed E-state index contributed by atoms with van der Waals surface area (Å²) in [5, 5.41) is 8.86. The fourth-order valence-corrected chi connectivity index (χ4v) is 1.90. The molecule has 86 valence electrons. The maximum Gasteiger partial charge on any atom is 0.407 e. The normalized spacial score (nSPS) is 26.2. The largest absolute Gasteiger partial charge is 0.465 e. The van der Waals surface area contributed by atoms with Crippen molar-refractivity contribution >= 4 is 12.0 Å². The fraction of sp³-hybridized carbons (Fsp3) is 0.800. The lowest BCUT2D eigenvalue weighted by Gasteiger charge is -2.35. The van der Waals surface area contributed by atoms with Crippen LogP contribution in [-0.4, -0.2) is 54.1 Å². The standard InChI is InChI=1S/C10H18N2O3/c1-7-4-5-12(10(14)15)6-8(7)9(13)11(2)3/h7-8H,4-6H2,1-3H3,(H,14,15). The summed E-state index contributed by atoms with van der Waals surface area (Å²) >= 11 is 0. The lowest BCUT2D eigenvalue weighted by atomic mass is 9.86. The van der Waals surface area contributed by atoms with Crippen LogP contribution in [0.5, 0.6) is 0 Å². The van der Waals surface area contributed by atoms with E-state index in [1.54, 1.807) is 14.1 Å². The zero-order chi connectivity index (χ0) is 11.6. The smallest absolute Gasteiger partial charge is 0.407 e. The van der Waals surface area contributed by atoms with Crippen molar-refractivity contribution in [1.82, 2.24) is 9.80 Å². The van der Waals surface area contributed by atoms with Crippen LogP contribution in [0.2, 0.25) is 0 Å². The molecule has 0 aliphatic carbocycles. The van der Waals surface area contributed by atoms with E-state index in [1.165, 1.54) is 9.80 Å². The van der Waals surface area contributed by atoms with Gasteiger partial charge in [0.25, 0.3) is 0 Å². The van der Waals surface area contributed by atoms with Gasteiger partial charge in [-0.1, -0.05) is 6.92 Å². The predicted molar refractivity (Wildman–Crippen MR) is 55.6 cm³/mol. The van der Waals surface area contributed by atoms with Gasteiger partial charge < -0.3 is 14.9 Å². The summed E-state index contributed by atoms with van der Waals surface area (Å²) in [6.07, 6.45) is -0.172. The molecule has 2 unspecified atom stereocenters. The van der Waals surface area contributed by atoms with E-state index in [-0.39, 0.29) is 17.7 Å². The van der Waals surface area contributed by atoms with Gasteiger partial charge in [0, 0.05) is 27.2 Å². The van der Waals surface area contributed by atoms with Crippen LogP contribution in [0.3, 0.4) is 0 Å². The minimum atomic E-state index is -0.932. The molecule has 2 atom stereocenters. The van der Waals surface area contributed by atoms with Crippen molar-refractivity contribution in [2.24, 2.45) is 11.8 Å². The van der Waals surface area contributed by atoms with Crippen molar-refractivity contribution in [2.75, 3.05) is 27.2 Å². The molecule has 0 radical (unpaired) electrons. The van der Waals surface area contributed by atoms with E-state index in [4.69, 9.17) is 5.11 Å². The molecule has 1 fully saturated rings. The van der Waals surface area contributed by atoms with Crippen molar-refractivity contribution in [3.05, 3.63) is 0 Å². The van der Waals surface area contributed by atoms with Gasteiger partial charge in [-0.2, -0.15) is 0 Å². The second kappa shape index (κ2) is 4.51. The monoisotopic (exact) mass is 214 g/mol. The van der Waals surface area contributed by atoms with E-state index in [2.05, 4.69) is 0 Å². The molecular weight excluding hydrogens is 196 g/mol. The van der Waals surface area contributed by atoms with Crippen LogP contribution in [-0.2, 0) is 4.79 Å². The summed E-state index contributed by atoms with van der Waals surface area (Å²) in [6.45, 7) is 2.87. The molecule has 0 spiro atoms.